The van der Waals surface area contributed by atoms with E-state index in [0.29, 0.717) is 17.0 Å². The first kappa shape index (κ1) is 13.6. The smallest absolute Gasteiger partial charge is 0.231 e. The second kappa shape index (κ2) is 5.89. The maximum Gasteiger partial charge on any atom is 0.231 e. The zero-order valence-electron chi connectivity index (χ0n) is 10.7. The van der Waals surface area contributed by atoms with Crippen LogP contribution in [0.4, 0.5) is 0 Å². The molecule has 19 heavy (non-hydrogen) atoms. The Hall–Kier alpha value is -1.81. The van der Waals surface area contributed by atoms with Gasteiger partial charge in [0.25, 0.3) is 0 Å². The van der Waals surface area contributed by atoms with Gasteiger partial charge in [0, 0.05) is 4.47 Å². The molecule has 0 fully saturated rings. The molecule has 98 valence electrons. The Bertz CT molecular complexity index is 658. The van der Waals surface area contributed by atoms with Gasteiger partial charge in [-0.2, -0.15) is 0 Å². The van der Waals surface area contributed by atoms with Gasteiger partial charge in [0.15, 0.2) is 5.58 Å². The SMILES string of the molecule is CC.Oc1ccc(Br)cc1-c1nc2ccccc2o1. The highest BCUT2D eigenvalue weighted by atomic mass is 79.9. The Balaban J connectivity index is 0.000000637. The molecule has 0 saturated heterocycles. The van der Waals surface area contributed by atoms with Crippen molar-refractivity contribution in [3.8, 4) is 17.2 Å². The maximum absolute atomic E-state index is 9.79. The number of aromatic nitrogens is 1. The third-order valence-electron chi connectivity index (χ3n) is 2.48. The summed E-state index contributed by atoms with van der Waals surface area (Å²) in [5.41, 5.74) is 2.07. The summed E-state index contributed by atoms with van der Waals surface area (Å²) in [7, 11) is 0. The molecule has 1 aromatic heterocycles. The van der Waals surface area contributed by atoms with Crippen molar-refractivity contribution in [1.82, 2.24) is 4.98 Å². The molecule has 1 heterocycles. The van der Waals surface area contributed by atoms with E-state index in [2.05, 4.69) is 20.9 Å². The second-order valence-corrected chi connectivity index (χ2v) is 4.56. The minimum Gasteiger partial charge on any atom is -0.507 e. The highest BCUT2D eigenvalue weighted by molar-refractivity contribution is 9.10. The molecule has 0 atom stereocenters. The fraction of sp³-hybridized carbons (Fsp3) is 0.133. The topological polar surface area (TPSA) is 46.3 Å². The van der Waals surface area contributed by atoms with Gasteiger partial charge >= 0.3 is 0 Å². The Labute approximate surface area is 120 Å². The van der Waals surface area contributed by atoms with Gasteiger partial charge in [-0.25, -0.2) is 4.98 Å². The van der Waals surface area contributed by atoms with Crippen LogP contribution in [0.3, 0.4) is 0 Å². The number of nitrogens with zero attached hydrogens (tertiary/aromatic N) is 1. The van der Waals surface area contributed by atoms with Crippen LogP contribution in [0.2, 0.25) is 0 Å². The average Bonchev–Trinajstić information content (AvgIpc) is 2.87. The molecular formula is C15H14BrNO2. The Morgan fingerprint density at radius 2 is 1.84 bits per heavy atom. The number of para-hydroxylation sites is 2. The molecule has 0 unspecified atom stereocenters. The number of benzene rings is 2. The van der Waals surface area contributed by atoms with Crippen LogP contribution in [0.1, 0.15) is 13.8 Å². The number of oxazole rings is 1. The van der Waals surface area contributed by atoms with Crippen molar-refractivity contribution in [2.45, 2.75) is 13.8 Å². The Morgan fingerprint density at radius 1 is 1.11 bits per heavy atom. The highest BCUT2D eigenvalue weighted by Gasteiger charge is 2.12. The van der Waals surface area contributed by atoms with Crippen molar-refractivity contribution >= 4 is 27.0 Å². The van der Waals surface area contributed by atoms with Gasteiger partial charge in [-0.3, -0.25) is 0 Å². The maximum atomic E-state index is 9.79. The van der Waals surface area contributed by atoms with Crippen LogP contribution >= 0.6 is 15.9 Å². The normalized spacial score (nSPS) is 10.1. The predicted octanol–water partition coefficient (Wildman–Crippen LogP) is 4.99. The first-order valence-corrected chi connectivity index (χ1v) is 6.88. The number of phenolic OH excluding ortho intramolecular Hbond substituents is 1. The highest BCUT2D eigenvalue weighted by Crippen LogP contribution is 2.32. The minimum absolute atomic E-state index is 0.153. The van der Waals surface area contributed by atoms with Crippen molar-refractivity contribution in [2.24, 2.45) is 0 Å². The van der Waals surface area contributed by atoms with E-state index in [4.69, 9.17) is 4.42 Å². The van der Waals surface area contributed by atoms with E-state index in [0.717, 1.165) is 9.99 Å². The van der Waals surface area contributed by atoms with Gasteiger partial charge in [-0.15, -0.1) is 0 Å². The molecule has 0 aliphatic heterocycles. The summed E-state index contributed by atoms with van der Waals surface area (Å²) in [6.45, 7) is 4.00. The van der Waals surface area contributed by atoms with Crippen LogP contribution in [-0.4, -0.2) is 10.1 Å². The Kier molecular flexibility index (Phi) is 4.22. The van der Waals surface area contributed by atoms with Crippen molar-refractivity contribution in [2.75, 3.05) is 0 Å². The molecule has 3 nitrogen and oxygen atoms in total. The van der Waals surface area contributed by atoms with Gasteiger partial charge < -0.3 is 9.52 Å². The number of phenols is 1. The summed E-state index contributed by atoms with van der Waals surface area (Å²) in [6, 6.07) is 12.7. The van der Waals surface area contributed by atoms with Gasteiger partial charge in [0.05, 0.1) is 5.56 Å². The molecule has 4 heteroatoms. The molecule has 0 bridgehead atoms. The van der Waals surface area contributed by atoms with Crippen LogP contribution in [0.15, 0.2) is 51.4 Å². The van der Waals surface area contributed by atoms with Crippen molar-refractivity contribution in [3.05, 3.63) is 46.9 Å². The zero-order chi connectivity index (χ0) is 13.8. The number of fused-ring (bicyclic) bond motifs is 1. The third kappa shape index (κ3) is 2.79. The molecule has 0 spiro atoms. The van der Waals surface area contributed by atoms with Crippen LogP contribution in [0.25, 0.3) is 22.6 Å². The summed E-state index contributed by atoms with van der Waals surface area (Å²) in [5, 5.41) is 9.79. The van der Waals surface area contributed by atoms with Crippen LogP contribution < -0.4 is 0 Å². The number of hydrogen-bond acceptors (Lipinski definition) is 3. The molecule has 0 aliphatic carbocycles. The standard InChI is InChI=1S/C13H8BrNO2.C2H6/c14-8-5-6-11(16)9(7-8)13-15-10-3-1-2-4-12(10)17-13;1-2/h1-7,16H;1-2H3. The van der Waals surface area contributed by atoms with Crippen LogP contribution in [0, 0.1) is 0 Å². The average molecular weight is 320 g/mol. The molecule has 0 amide bonds. The van der Waals surface area contributed by atoms with E-state index < -0.39 is 0 Å². The summed E-state index contributed by atoms with van der Waals surface area (Å²) in [5.74, 6) is 0.574. The lowest BCUT2D eigenvalue weighted by Crippen LogP contribution is -1.78. The molecule has 0 aliphatic rings. The molecular weight excluding hydrogens is 306 g/mol. The first-order chi connectivity index (χ1) is 9.24. The fourth-order valence-corrected chi connectivity index (χ4v) is 2.03. The van der Waals surface area contributed by atoms with Gasteiger partial charge in [0.2, 0.25) is 5.89 Å². The quantitative estimate of drug-likeness (QED) is 0.687. The molecule has 3 aromatic rings. The second-order valence-electron chi connectivity index (χ2n) is 3.65. The van der Waals surface area contributed by atoms with Gasteiger partial charge in [0.1, 0.15) is 11.3 Å². The van der Waals surface area contributed by atoms with E-state index >= 15 is 0 Å². The lowest BCUT2D eigenvalue weighted by molar-refractivity contribution is 0.474. The predicted molar refractivity (Wildman–Crippen MR) is 80.2 cm³/mol. The summed E-state index contributed by atoms with van der Waals surface area (Å²) in [6.07, 6.45) is 0. The summed E-state index contributed by atoms with van der Waals surface area (Å²) < 4.78 is 6.47. The minimum atomic E-state index is 0.153. The van der Waals surface area contributed by atoms with Crippen molar-refractivity contribution < 1.29 is 9.52 Å². The lowest BCUT2D eigenvalue weighted by atomic mass is 10.2. The van der Waals surface area contributed by atoms with E-state index in [1.54, 1.807) is 18.2 Å². The number of halogens is 1. The molecule has 2 aromatic carbocycles. The van der Waals surface area contributed by atoms with E-state index in [1.165, 1.54) is 0 Å². The third-order valence-corrected chi connectivity index (χ3v) is 2.98. The zero-order valence-corrected chi connectivity index (χ0v) is 12.3. The molecule has 3 rings (SSSR count). The Morgan fingerprint density at radius 3 is 2.58 bits per heavy atom. The van der Waals surface area contributed by atoms with Gasteiger partial charge in [-0.1, -0.05) is 41.9 Å². The molecule has 0 saturated carbocycles. The largest absolute Gasteiger partial charge is 0.507 e. The number of hydrogen-bond donors (Lipinski definition) is 1. The monoisotopic (exact) mass is 319 g/mol. The van der Waals surface area contributed by atoms with Crippen LogP contribution in [0.5, 0.6) is 5.75 Å². The molecule has 0 radical (unpaired) electrons. The van der Waals surface area contributed by atoms with Crippen molar-refractivity contribution in [3.63, 3.8) is 0 Å². The van der Waals surface area contributed by atoms with E-state index in [-0.39, 0.29) is 5.75 Å². The first-order valence-electron chi connectivity index (χ1n) is 6.08. The number of rotatable bonds is 1. The van der Waals surface area contributed by atoms with Crippen molar-refractivity contribution in [1.29, 1.82) is 0 Å². The summed E-state index contributed by atoms with van der Waals surface area (Å²) in [4.78, 5) is 4.34. The van der Waals surface area contributed by atoms with E-state index in [1.807, 2.05) is 38.1 Å². The lowest BCUT2D eigenvalue weighted by Gasteiger charge is -1.99. The van der Waals surface area contributed by atoms with E-state index in [9.17, 15) is 5.11 Å². The molecule has 1 N–H and O–H groups in total. The van der Waals surface area contributed by atoms with Crippen LogP contribution in [-0.2, 0) is 0 Å². The van der Waals surface area contributed by atoms with Gasteiger partial charge in [-0.05, 0) is 30.3 Å². The number of aromatic hydroxyl groups is 1. The fourth-order valence-electron chi connectivity index (χ4n) is 1.67. The summed E-state index contributed by atoms with van der Waals surface area (Å²) >= 11 is 3.36.